The van der Waals surface area contributed by atoms with Crippen LogP contribution in [0.3, 0.4) is 0 Å². The van der Waals surface area contributed by atoms with Crippen LogP contribution in [0.4, 0.5) is 0 Å². The summed E-state index contributed by atoms with van der Waals surface area (Å²) in [6.45, 7) is 1.41. The molecule has 1 saturated heterocycles. The zero-order chi connectivity index (χ0) is 18.1. The van der Waals surface area contributed by atoms with Gasteiger partial charge in [0.1, 0.15) is 12.4 Å². The molecule has 1 spiro atoms. The number of benzene rings is 1. The van der Waals surface area contributed by atoms with Gasteiger partial charge < -0.3 is 19.2 Å². The maximum atomic E-state index is 12.8. The molecule has 1 aliphatic heterocycles. The van der Waals surface area contributed by atoms with Crippen molar-refractivity contribution in [3.63, 3.8) is 0 Å². The highest BCUT2D eigenvalue weighted by atomic mass is 16.5. The maximum Gasteiger partial charge on any atom is 0.307 e. The van der Waals surface area contributed by atoms with Crippen LogP contribution in [-0.2, 0) is 11.4 Å². The van der Waals surface area contributed by atoms with Crippen molar-refractivity contribution in [2.45, 2.75) is 25.9 Å². The maximum absolute atomic E-state index is 12.8. The number of hydrogen-bond acceptors (Lipinski definition) is 4. The van der Waals surface area contributed by atoms with E-state index in [0.29, 0.717) is 24.4 Å². The quantitative estimate of drug-likeness (QED) is 0.891. The van der Waals surface area contributed by atoms with E-state index in [2.05, 4.69) is 0 Å². The number of hydrogen-bond donors (Lipinski definition) is 1. The lowest BCUT2D eigenvalue weighted by Crippen LogP contribution is -2.40. The fraction of sp³-hybridized carbons (Fsp3) is 0.400. The number of rotatable bonds is 5. The monoisotopic (exact) mass is 355 g/mol. The number of amides is 1. The first-order valence-corrected chi connectivity index (χ1v) is 8.85. The normalized spacial score (nSPS) is 20.8. The van der Waals surface area contributed by atoms with E-state index in [9.17, 15) is 14.7 Å². The Balaban J connectivity index is 1.37. The van der Waals surface area contributed by atoms with Crippen molar-refractivity contribution in [1.29, 1.82) is 0 Å². The molecule has 0 bridgehead atoms. The number of carboxylic acids is 1. The SMILES string of the molecule is O=C(O)C1CC12CCN(C(=O)c1occc1COc1ccccc1)CC2. The summed E-state index contributed by atoms with van der Waals surface area (Å²) in [4.78, 5) is 25.7. The minimum Gasteiger partial charge on any atom is -0.489 e. The molecule has 1 amide bonds. The van der Waals surface area contributed by atoms with E-state index in [1.54, 1.807) is 11.0 Å². The van der Waals surface area contributed by atoms with Crippen molar-refractivity contribution < 1.29 is 23.8 Å². The minimum atomic E-state index is -0.712. The molecule has 1 atom stereocenters. The van der Waals surface area contributed by atoms with Gasteiger partial charge in [0.2, 0.25) is 0 Å². The molecule has 2 aliphatic rings. The summed E-state index contributed by atoms with van der Waals surface area (Å²) < 4.78 is 11.1. The molecule has 1 aromatic heterocycles. The number of aliphatic carboxylic acids is 1. The first kappa shape index (κ1) is 16.7. The second-order valence-corrected chi connectivity index (χ2v) is 7.13. The number of likely N-dealkylation sites (tertiary alicyclic amines) is 1. The number of carbonyl (C=O) groups is 2. The molecule has 0 radical (unpaired) electrons. The molecule has 1 N–H and O–H groups in total. The summed E-state index contributed by atoms with van der Waals surface area (Å²) in [6.07, 6.45) is 3.73. The van der Waals surface area contributed by atoms with Crippen LogP contribution in [-0.4, -0.2) is 35.0 Å². The van der Waals surface area contributed by atoms with E-state index >= 15 is 0 Å². The average molecular weight is 355 g/mol. The van der Waals surface area contributed by atoms with Gasteiger partial charge in [-0.1, -0.05) is 18.2 Å². The van der Waals surface area contributed by atoms with Crippen LogP contribution in [0.25, 0.3) is 0 Å². The number of furan rings is 1. The second-order valence-electron chi connectivity index (χ2n) is 7.13. The lowest BCUT2D eigenvalue weighted by Gasteiger charge is -2.32. The van der Waals surface area contributed by atoms with E-state index in [0.717, 1.165) is 25.0 Å². The summed E-state index contributed by atoms with van der Waals surface area (Å²) in [7, 11) is 0. The second kappa shape index (κ2) is 6.52. The highest BCUT2D eigenvalue weighted by Gasteiger charge is 2.59. The Labute approximate surface area is 151 Å². The number of nitrogens with zero attached hydrogens (tertiary/aromatic N) is 1. The van der Waals surface area contributed by atoms with Crippen LogP contribution < -0.4 is 4.74 Å². The lowest BCUT2D eigenvalue weighted by atomic mass is 9.90. The predicted molar refractivity (Wildman–Crippen MR) is 92.8 cm³/mol. The third-order valence-corrected chi connectivity index (χ3v) is 5.61. The molecular weight excluding hydrogens is 334 g/mol. The van der Waals surface area contributed by atoms with Gasteiger partial charge in [-0.2, -0.15) is 0 Å². The van der Waals surface area contributed by atoms with Gasteiger partial charge in [-0.05, 0) is 42.9 Å². The summed E-state index contributed by atoms with van der Waals surface area (Å²) in [5.74, 6) is -0.0543. The minimum absolute atomic E-state index is 0.0922. The van der Waals surface area contributed by atoms with Crippen molar-refractivity contribution in [3.05, 3.63) is 54.0 Å². The van der Waals surface area contributed by atoms with Gasteiger partial charge in [0, 0.05) is 18.7 Å². The van der Waals surface area contributed by atoms with Gasteiger partial charge in [0.05, 0.1) is 12.2 Å². The number of ether oxygens (including phenoxy) is 1. The molecule has 2 heterocycles. The topological polar surface area (TPSA) is 80.0 Å². The highest BCUT2D eigenvalue weighted by molar-refractivity contribution is 5.93. The Kier molecular flexibility index (Phi) is 4.18. The summed E-state index contributed by atoms with van der Waals surface area (Å²) >= 11 is 0. The number of carbonyl (C=O) groups excluding carboxylic acids is 1. The van der Waals surface area contributed by atoms with Gasteiger partial charge in [0.15, 0.2) is 5.76 Å². The summed E-state index contributed by atoms with van der Waals surface area (Å²) in [5, 5.41) is 9.18. The van der Waals surface area contributed by atoms with Crippen LogP contribution in [0.2, 0.25) is 0 Å². The first-order chi connectivity index (χ1) is 12.6. The van der Waals surface area contributed by atoms with Gasteiger partial charge in [-0.3, -0.25) is 9.59 Å². The number of para-hydroxylation sites is 1. The third kappa shape index (κ3) is 3.07. The summed E-state index contributed by atoms with van der Waals surface area (Å²) in [5.41, 5.74) is 0.624. The Bertz CT molecular complexity index is 805. The van der Waals surface area contributed by atoms with Crippen LogP contribution in [0, 0.1) is 11.3 Å². The molecular formula is C20H21NO5. The third-order valence-electron chi connectivity index (χ3n) is 5.61. The van der Waals surface area contributed by atoms with E-state index in [-0.39, 0.29) is 23.8 Å². The van der Waals surface area contributed by atoms with E-state index in [1.807, 2.05) is 30.3 Å². The molecule has 6 heteroatoms. The van der Waals surface area contributed by atoms with Crippen LogP contribution >= 0.6 is 0 Å². The van der Waals surface area contributed by atoms with Crippen molar-refractivity contribution in [2.75, 3.05) is 13.1 Å². The molecule has 26 heavy (non-hydrogen) atoms. The van der Waals surface area contributed by atoms with Crippen molar-refractivity contribution >= 4 is 11.9 Å². The van der Waals surface area contributed by atoms with E-state index in [4.69, 9.17) is 9.15 Å². The molecule has 6 nitrogen and oxygen atoms in total. The van der Waals surface area contributed by atoms with Gasteiger partial charge in [-0.25, -0.2) is 0 Å². The zero-order valence-corrected chi connectivity index (χ0v) is 14.4. The van der Waals surface area contributed by atoms with Crippen molar-refractivity contribution in [2.24, 2.45) is 11.3 Å². The van der Waals surface area contributed by atoms with Crippen LogP contribution in [0.15, 0.2) is 47.1 Å². The Morgan fingerprint density at radius 3 is 2.58 bits per heavy atom. The molecule has 1 aliphatic carbocycles. The van der Waals surface area contributed by atoms with Crippen molar-refractivity contribution in [3.8, 4) is 5.75 Å². The Morgan fingerprint density at radius 2 is 1.92 bits per heavy atom. The predicted octanol–water partition coefficient (Wildman–Crippen LogP) is 3.19. The highest BCUT2D eigenvalue weighted by Crippen LogP contribution is 2.59. The number of carboxylic acid groups (broad SMARTS) is 1. The largest absolute Gasteiger partial charge is 0.489 e. The van der Waals surface area contributed by atoms with E-state index < -0.39 is 5.97 Å². The molecule has 136 valence electrons. The van der Waals surface area contributed by atoms with Crippen molar-refractivity contribution in [1.82, 2.24) is 4.90 Å². The van der Waals surface area contributed by atoms with E-state index in [1.165, 1.54) is 6.26 Å². The molecule has 1 unspecified atom stereocenters. The van der Waals surface area contributed by atoms with Gasteiger partial charge in [-0.15, -0.1) is 0 Å². The van der Waals surface area contributed by atoms with Gasteiger partial charge >= 0.3 is 5.97 Å². The summed E-state index contributed by atoms with van der Waals surface area (Å²) in [6, 6.07) is 11.2. The van der Waals surface area contributed by atoms with Crippen LogP contribution in [0.1, 0.15) is 35.4 Å². The molecule has 1 aromatic carbocycles. The lowest BCUT2D eigenvalue weighted by molar-refractivity contribution is -0.139. The Hall–Kier alpha value is -2.76. The Morgan fingerprint density at radius 1 is 1.19 bits per heavy atom. The molecule has 2 aromatic rings. The zero-order valence-electron chi connectivity index (χ0n) is 14.4. The fourth-order valence-electron chi connectivity index (χ4n) is 3.86. The molecule has 4 rings (SSSR count). The molecule has 2 fully saturated rings. The number of piperidine rings is 1. The fourth-order valence-corrected chi connectivity index (χ4v) is 3.86. The van der Waals surface area contributed by atoms with Gasteiger partial charge in [0.25, 0.3) is 5.91 Å². The standard InChI is InChI=1S/C20H21NO5/c22-18(21-9-7-20(8-10-21)12-16(20)19(23)24)17-14(6-11-25-17)13-26-15-4-2-1-3-5-15/h1-6,11,16H,7-10,12-13H2,(H,23,24). The average Bonchev–Trinajstić information content (AvgIpc) is 3.16. The first-order valence-electron chi connectivity index (χ1n) is 8.85. The van der Waals surface area contributed by atoms with Crippen LogP contribution in [0.5, 0.6) is 5.75 Å². The smallest absolute Gasteiger partial charge is 0.307 e. The molecule has 1 saturated carbocycles.